The Balaban J connectivity index is 1.30. The van der Waals surface area contributed by atoms with E-state index < -0.39 is 0 Å². The molecular weight excluding hydrogens is 402 g/mol. The molecule has 0 atom stereocenters. The Morgan fingerprint density at radius 3 is 2.38 bits per heavy atom. The van der Waals surface area contributed by atoms with E-state index >= 15 is 0 Å². The molecule has 178 valence electrons. The number of carbonyl (C=O) groups excluding carboxylic acids is 1. The maximum atomic E-state index is 10.6. The first-order chi connectivity index (χ1) is 15.3. The minimum atomic E-state index is -0.170. The number of nitrogens with one attached hydrogen (secondary N) is 1. The number of nitrogens with zero attached hydrogens (tertiary/aromatic N) is 4. The summed E-state index contributed by atoms with van der Waals surface area (Å²) in [4.78, 5) is 25.5. The zero-order chi connectivity index (χ0) is 22.7. The maximum absolute atomic E-state index is 10.6. The van der Waals surface area contributed by atoms with Crippen molar-refractivity contribution in [3.05, 3.63) is 17.6 Å². The van der Waals surface area contributed by atoms with Gasteiger partial charge in [-0.3, -0.25) is 9.69 Å². The second-order valence-electron chi connectivity index (χ2n) is 11.2. The summed E-state index contributed by atoms with van der Waals surface area (Å²) in [5.41, 5.74) is 1.02. The Morgan fingerprint density at radius 2 is 1.78 bits per heavy atom. The number of amides is 1. The minimum absolute atomic E-state index is 0.0881. The largest absolute Gasteiger partial charge is 0.393 e. The van der Waals surface area contributed by atoms with E-state index in [0.717, 1.165) is 81.5 Å². The highest BCUT2D eigenvalue weighted by atomic mass is 16.3. The molecule has 3 aliphatic rings. The van der Waals surface area contributed by atoms with Gasteiger partial charge in [0, 0.05) is 55.3 Å². The molecule has 2 heterocycles. The molecule has 1 aromatic heterocycles. The standard InChI is InChI=1S/C25H41N5O2/c1-25(2,3)24-27-22(19-14-21(32)15-19)16-23(28-24)30-12-10-29(11-13-30)9-8-18-4-6-20(7-5-18)26-17-31/h16-21,32H,4-15H2,1-3H3,(H,26,31). The topological polar surface area (TPSA) is 81.6 Å². The van der Waals surface area contributed by atoms with Gasteiger partial charge in [0.15, 0.2) is 0 Å². The smallest absolute Gasteiger partial charge is 0.207 e. The molecule has 1 aliphatic heterocycles. The van der Waals surface area contributed by atoms with E-state index in [1.54, 1.807) is 0 Å². The number of carbonyl (C=O) groups is 1. The van der Waals surface area contributed by atoms with Gasteiger partial charge in [0.1, 0.15) is 11.6 Å². The van der Waals surface area contributed by atoms with Gasteiger partial charge in [-0.05, 0) is 57.4 Å². The van der Waals surface area contributed by atoms with Crippen LogP contribution in [0.5, 0.6) is 0 Å². The van der Waals surface area contributed by atoms with Gasteiger partial charge in [-0.2, -0.15) is 0 Å². The van der Waals surface area contributed by atoms with Crippen molar-refractivity contribution in [2.75, 3.05) is 37.6 Å². The average Bonchev–Trinajstić information content (AvgIpc) is 2.76. The van der Waals surface area contributed by atoms with Crippen LogP contribution in [0.25, 0.3) is 0 Å². The number of rotatable bonds is 7. The normalized spacial score (nSPS) is 29.4. The van der Waals surface area contributed by atoms with Crippen LogP contribution >= 0.6 is 0 Å². The summed E-state index contributed by atoms with van der Waals surface area (Å²) in [7, 11) is 0. The van der Waals surface area contributed by atoms with Crippen molar-refractivity contribution in [1.29, 1.82) is 0 Å². The number of hydrogen-bond acceptors (Lipinski definition) is 6. The van der Waals surface area contributed by atoms with Crippen molar-refractivity contribution in [2.24, 2.45) is 5.92 Å². The molecule has 0 radical (unpaired) electrons. The SMILES string of the molecule is CC(C)(C)c1nc(C2CC(O)C2)cc(N2CCN(CCC3CCC(NC=O)CC3)CC2)n1. The zero-order valence-corrected chi connectivity index (χ0v) is 20.1. The first-order valence-corrected chi connectivity index (χ1v) is 12.6. The molecule has 0 spiro atoms. The Hall–Kier alpha value is -1.73. The van der Waals surface area contributed by atoms with Crippen molar-refractivity contribution >= 4 is 12.2 Å². The summed E-state index contributed by atoms with van der Waals surface area (Å²) >= 11 is 0. The van der Waals surface area contributed by atoms with E-state index in [9.17, 15) is 9.90 Å². The lowest BCUT2D eigenvalue weighted by molar-refractivity contribution is -0.110. The molecule has 3 fully saturated rings. The summed E-state index contributed by atoms with van der Waals surface area (Å²) in [6.07, 6.45) is 8.32. The van der Waals surface area contributed by atoms with Crippen LogP contribution in [0.4, 0.5) is 5.82 Å². The van der Waals surface area contributed by atoms with E-state index in [1.807, 2.05) is 0 Å². The highest BCUT2D eigenvalue weighted by Gasteiger charge is 2.32. The van der Waals surface area contributed by atoms with Crippen molar-refractivity contribution in [1.82, 2.24) is 20.2 Å². The maximum Gasteiger partial charge on any atom is 0.207 e. The molecule has 32 heavy (non-hydrogen) atoms. The molecule has 7 nitrogen and oxygen atoms in total. The van der Waals surface area contributed by atoms with Crippen LogP contribution in [0.15, 0.2) is 6.07 Å². The van der Waals surface area contributed by atoms with Crippen LogP contribution in [0.1, 0.15) is 83.2 Å². The molecule has 2 aliphatic carbocycles. The third kappa shape index (κ3) is 5.79. The van der Waals surface area contributed by atoms with Crippen LogP contribution < -0.4 is 10.2 Å². The van der Waals surface area contributed by atoms with Gasteiger partial charge < -0.3 is 15.3 Å². The lowest BCUT2D eigenvalue weighted by Gasteiger charge is -2.38. The van der Waals surface area contributed by atoms with Crippen LogP contribution in [0, 0.1) is 5.92 Å². The molecule has 7 heteroatoms. The first-order valence-electron chi connectivity index (χ1n) is 12.6. The fourth-order valence-electron chi connectivity index (χ4n) is 5.27. The van der Waals surface area contributed by atoms with Crippen molar-refractivity contribution in [2.45, 2.75) is 89.2 Å². The summed E-state index contributed by atoms with van der Waals surface area (Å²) in [6.45, 7) is 11.9. The Kier molecular flexibility index (Phi) is 7.35. The second-order valence-corrected chi connectivity index (χ2v) is 11.2. The molecular formula is C25H41N5O2. The lowest BCUT2D eigenvalue weighted by atomic mass is 9.80. The Labute approximate surface area is 193 Å². The molecule has 2 N–H and O–H groups in total. The molecule has 0 bridgehead atoms. The van der Waals surface area contributed by atoms with E-state index in [4.69, 9.17) is 9.97 Å². The Bertz CT molecular complexity index is 758. The van der Waals surface area contributed by atoms with Crippen LogP contribution in [0.3, 0.4) is 0 Å². The number of anilines is 1. The van der Waals surface area contributed by atoms with Crippen molar-refractivity contribution in [3.8, 4) is 0 Å². The quantitative estimate of drug-likeness (QED) is 0.631. The number of aliphatic hydroxyl groups is 1. The predicted molar refractivity (Wildman–Crippen MR) is 127 cm³/mol. The monoisotopic (exact) mass is 443 g/mol. The zero-order valence-electron chi connectivity index (χ0n) is 20.1. The molecule has 1 saturated heterocycles. The Morgan fingerprint density at radius 1 is 1.09 bits per heavy atom. The fourth-order valence-corrected chi connectivity index (χ4v) is 5.27. The molecule has 0 unspecified atom stereocenters. The lowest BCUT2D eigenvalue weighted by Crippen LogP contribution is -2.47. The van der Waals surface area contributed by atoms with Gasteiger partial charge >= 0.3 is 0 Å². The van der Waals surface area contributed by atoms with Crippen LogP contribution in [-0.2, 0) is 10.2 Å². The number of piperazine rings is 1. The van der Waals surface area contributed by atoms with Gasteiger partial charge in [0.2, 0.25) is 6.41 Å². The summed E-state index contributed by atoms with van der Waals surface area (Å²) in [5.74, 6) is 3.13. The van der Waals surface area contributed by atoms with E-state index in [1.165, 1.54) is 25.8 Å². The van der Waals surface area contributed by atoms with Gasteiger partial charge in [0.05, 0.1) is 6.10 Å². The first kappa shape index (κ1) is 23.4. The van der Waals surface area contributed by atoms with Gasteiger partial charge in [0.25, 0.3) is 0 Å². The highest BCUT2D eigenvalue weighted by Crippen LogP contribution is 2.37. The summed E-state index contributed by atoms with van der Waals surface area (Å²) in [5, 5.41) is 12.7. The van der Waals surface area contributed by atoms with Crippen LogP contribution in [-0.4, -0.2) is 71.3 Å². The molecule has 4 rings (SSSR count). The number of aromatic nitrogens is 2. The molecule has 0 aromatic carbocycles. The van der Waals surface area contributed by atoms with Crippen molar-refractivity contribution in [3.63, 3.8) is 0 Å². The number of aliphatic hydroxyl groups excluding tert-OH is 1. The van der Waals surface area contributed by atoms with E-state index in [0.29, 0.717) is 12.0 Å². The third-order valence-corrected chi connectivity index (χ3v) is 7.64. The molecule has 1 aromatic rings. The van der Waals surface area contributed by atoms with E-state index in [-0.39, 0.29) is 11.5 Å². The minimum Gasteiger partial charge on any atom is -0.393 e. The molecule has 2 saturated carbocycles. The average molecular weight is 444 g/mol. The second kappa shape index (κ2) is 10.0. The third-order valence-electron chi connectivity index (χ3n) is 7.64. The molecule has 1 amide bonds. The summed E-state index contributed by atoms with van der Waals surface area (Å²) in [6, 6.07) is 2.57. The fraction of sp³-hybridized carbons (Fsp3) is 0.800. The highest BCUT2D eigenvalue weighted by molar-refractivity contribution is 5.46. The van der Waals surface area contributed by atoms with Gasteiger partial charge in [-0.1, -0.05) is 20.8 Å². The van der Waals surface area contributed by atoms with Crippen LogP contribution in [0.2, 0.25) is 0 Å². The van der Waals surface area contributed by atoms with Crippen molar-refractivity contribution < 1.29 is 9.90 Å². The predicted octanol–water partition coefficient (Wildman–Crippen LogP) is 2.83. The summed E-state index contributed by atoms with van der Waals surface area (Å²) < 4.78 is 0. The van der Waals surface area contributed by atoms with Gasteiger partial charge in [-0.15, -0.1) is 0 Å². The van der Waals surface area contributed by atoms with E-state index in [2.05, 4.69) is 42.0 Å². The number of hydrogen-bond donors (Lipinski definition) is 2. The van der Waals surface area contributed by atoms with Gasteiger partial charge in [-0.25, -0.2) is 9.97 Å².